The van der Waals surface area contributed by atoms with Crippen LogP contribution in [0.5, 0.6) is 5.75 Å². The molecule has 0 fully saturated rings. The maximum atomic E-state index is 12.9. The molecule has 2 aromatic carbocycles. The second-order valence-corrected chi connectivity index (χ2v) is 7.58. The van der Waals surface area contributed by atoms with Gasteiger partial charge in [0.2, 0.25) is 0 Å². The van der Waals surface area contributed by atoms with Crippen LogP contribution in [-0.4, -0.2) is 10.3 Å². The van der Waals surface area contributed by atoms with Crippen LogP contribution in [0.3, 0.4) is 0 Å². The zero-order valence-electron chi connectivity index (χ0n) is 15.5. The van der Waals surface area contributed by atoms with Gasteiger partial charge in [-0.05, 0) is 48.5 Å². The van der Waals surface area contributed by atoms with Crippen LogP contribution in [-0.2, 0) is 6.18 Å². The van der Waals surface area contributed by atoms with Crippen molar-refractivity contribution in [3.05, 3.63) is 89.1 Å². The third-order valence-corrected chi connectivity index (χ3v) is 5.24. The molecule has 0 spiro atoms. The number of carbonyl (C=O) groups excluding carboxylic acids is 1. The highest BCUT2D eigenvalue weighted by atomic mass is 35.5. The Labute approximate surface area is 184 Å². The highest BCUT2D eigenvalue weighted by molar-refractivity contribution is 7.95. The molecule has 11 heteroatoms. The summed E-state index contributed by atoms with van der Waals surface area (Å²) < 4.78 is 49.6. The van der Waals surface area contributed by atoms with Gasteiger partial charge in [-0.2, -0.15) is 13.2 Å². The van der Waals surface area contributed by atoms with Crippen LogP contribution in [0.25, 0.3) is 0 Å². The number of carbonyl (C=O) groups is 1. The van der Waals surface area contributed by atoms with E-state index >= 15 is 0 Å². The van der Waals surface area contributed by atoms with Gasteiger partial charge in [0.05, 0.1) is 28.4 Å². The summed E-state index contributed by atoms with van der Waals surface area (Å²) in [4.78, 5) is 12.1. The molecule has 2 amide bonds. The lowest BCUT2D eigenvalue weighted by molar-refractivity contribution is -0.137. The van der Waals surface area contributed by atoms with Gasteiger partial charge in [0.1, 0.15) is 11.5 Å². The molecule has 2 aliphatic heterocycles. The van der Waals surface area contributed by atoms with Crippen LogP contribution in [0.15, 0.2) is 78.5 Å². The molecule has 0 saturated carbocycles. The van der Waals surface area contributed by atoms with Crippen molar-refractivity contribution in [2.45, 2.75) is 6.18 Å². The molecule has 0 unspecified atom stereocenters. The van der Waals surface area contributed by atoms with Crippen molar-refractivity contribution in [3.63, 3.8) is 0 Å². The molecule has 3 N–H and O–H groups in total. The fraction of sp³-hybridized carbons (Fsp3) is 0.0500. The van der Waals surface area contributed by atoms with Gasteiger partial charge in [-0.25, -0.2) is 4.79 Å². The van der Waals surface area contributed by atoms with Gasteiger partial charge < -0.3 is 20.1 Å². The Morgan fingerprint density at radius 2 is 1.81 bits per heavy atom. The number of rotatable bonds is 4. The number of nitrogens with one attached hydrogen (secondary N) is 3. The normalized spacial score (nSPS) is 14.9. The number of fused-ring (bicyclic) bond motifs is 1. The topological polar surface area (TPSA) is 65.6 Å². The van der Waals surface area contributed by atoms with Crippen molar-refractivity contribution < 1.29 is 22.7 Å². The number of amides is 2. The zero-order chi connectivity index (χ0) is 22.0. The van der Waals surface area contributed by atoms with Crippen LogP contribution in [0.4, 0.5) is 29.3 Å². The van der Waals surface area contributed by atoms with E-state index < -0.39 is 22.8 Å². The van der Waals surface area contributed by atoms with E-state index in [0.29, 0.717) is 17.2 Å². The number of ether oxygens (including phenoxy) is 1. The van der Waals surface area contributed by atoms with Crippen molar-refractivity contribution in [2.24, 2.45) is 0 Å². The first-order valence-corrected chi connectivity index (χ1v) is 9.97. The number of anilines is 2. The summed E-state index contributed by atoms with van der Waals surface area (Å²) in [5.41, 5.74) is 0.333. The van der Waals surface area contributed by atoms with Crippen molar-refractivity contribution in [1.82, 2.24) is 9.03 Å². The summed E-state index contributed by atoms with van der Waals surface area (Å²) in [6.07, 6.45) is 2.78. The van der Waals surface area contributed by atoms with E-state index in [4.69, 9.17) is 16.3 Å². The summed E-state index contributed by atoms with van der Waals surface area (Å²) in [5.74, 6) is 1.20. The molecule has 31 heavy (non-hydrogen) atoms. The standard InChI is InChI=1S/C20H14ClF3N4O2S/c21-18-6-3-13(9-17(18)20(22,23)24)27-19(29)26-12-1-4-15(5-2-12)30-16-7-8-28-14(10-16)11-25-31-28/h1-11,25H,(H2,26,27,29). The highest BCUT2D eigenvalue weighted by Crippen LogP contribution is 2.36. The van der Waals surface area contributed by atoms with Crippen LogP contribution >= 0.6 is 23.7 Å². The Bertz CT molecular complexity index is 1100. The van der Waals surface area contributed by atoms with E-state index in [1.165, 1.54) is 18.2 Å². The fourth-order valence-corrected chi connectivity index (χ4v) is 3.58. The van der Waals surface area contributed by atoms with E-state index in [-0.39, 0.29) is 5.69 Å². The molecular weight excluding hydrogens is 453 g/mol. The Kier molecular flexibility index (Phi) is 5.75. The average molecular weight is 467 g/mol. The third-order valence-electron chi connectivity index (χ3n) is 4.15. The van der Waals surface area contributed by atoms with Crippen molar-refractivity contribution in [2.75, 3.05) is 10.6 Å². The lowest BCUT2D eigenvalue weighted by atomic mass is 10.2. The van der Waals surface area contributed by atoms with Gasteiger partial charge in [-0.15, -0.1) is 0 Å². The molecule has 2 aliphatic rings. The van der Waals surface area contributed by atoms with Crippen molar-refractivity contribution >= 4 is 41.1 Å². The second kappa shape index (κ2) is 8.48. The van der Waals surface area contributed by atoms with E-state index in [1.807, 2.05) is 28.9 Å². The minimum Gasteiger partial charge on any atom is -0.457 e. The smallest absolute Gasteiger partial charge is 0.417 e. The second-order valence-electron chi connectivity index (χ2n) is 6.36. The zero-order valence-corrected chi connectivity index (χ0v) is 17.1. The van der Waals surface area contributed by atoms with Gasteiger partial charge in [-0.3, -0.25) is 4.31 Å². The summed E-state index contributed by atoms with van der Waals surface area (Å²) in [7, 11) is 0. The number of halogens is 4. The van der Waals surface area contributed by atoms with Gasteiger partial charge in [0.15, 0.2) is 0 Å². The average Bonchev–Trinajstić information content (AvgIpc) is 3.18. The van der Waals surface area contributed by atoms with Gasteiger partial charge in [-0.1, -0.05) is 11.6 Å². The number of hydrogen-bond acceptors (Lipinski definition) is 5. The predicted molar refractivity (Wildman–Crippen MR) is 114 cm³/mol. The molecule has 2 heterocycles. The lowest BCUT2D eigenvalue weighted by Crippen LogP contribution is -2.19. The number of allylic oxidation sites excluding steroid dienone is 2. The van der Waals surface area contributed by atoms with Crippen molar-refractivity contribution in [1.29, 1.82) is 0 Å². The first kappa shape index (κ1) is 21.0. The monoisotopic (exact) mass is 466 g/mol. The fourth-order valence-electron chi connectivity index (χ4n) is 2.74. The third kappa shape index (κ3) is 5.09. The minimum absolute atomic E-state index is 0.0342. The van der Waals surface area contributed by atoms with Gasteiger partial charge in [0, 0.05) is 29.9 Å². The Hall–Kier alpha value is -3.24. The number of alkyl halides is 3. The van der Waals surface area contributed by atoms with E-state index in [2.05, 4.69) is 15.4 Å². The molecule has 0 aliphatic carbocycles. The summed E-state index contributed by atoms with van der Waals surface area (Å²) in [5, 5.41) is 4.46. The van der Waals surface area contributed by atoms with Gasteiger partial charge >= 0.3 is 12.2 Å². The molecule has 160 valence electrons. The Balaban J connectivity index is 1.36. The molecular formula is C20H14ClF3N4O2S. The molecule has 6 nitrogen and oxygen atoms in total. The molecule has 0 saturated heterocycles. The number of hydrogen-bond donors (Lipinski definition) is 3. The largest absolute Gasteiger partial charge is 0.457 e. The maximum absolute atomic E-state index is 12.9. The maximum Gasteiger partial charge on any atom is 0.417 e. The number of urea groups is 1. The highest BCUT2D eigenvalue weighted by Gasteiger charge is 2.33. The van der Waals surface area contributed by atoms with Crippen LogP contribution in [0.2, 0.25) is 5.02 Å². The molecule has 2 aromatic rings. The first-order valence-electron chi connectivity index (χ1n) is 8.82. The quantitative estimate of drug-likeness (QED) is 0.475. The summed E-state index contributed by atoms with van der Waals surface area (Å²) in [6, 6.07) is 9.00. The molecule has 0 bridgehead atoms. The molecule has 0 aromatic heterocycles. The SMILES string of the molecule is O=C(Nc1ccc(OC2=CC3=CNSN3C=C2)cc1)Nc1ccc(Cl)c(C(F)(F)F)c1. The van der Waals surface area contributed by atoms with Crippen LogP contribution in [0, 0.1) is 0 Å². The van der Waals surface area contributed by atoms with E-state index in [1.54, 1.807) is 24.3 Å². The van der Waals surface area contributed by atoms with Crippen molar-refractivity contribution in [3.8, 4) is 5.75 Å². The number of nitrogens with zero attached hydrogens (tertiary/aromatic N) is 1. The first-order chi connectivity index (χ1) is 14.8. The Morgan fingerprint density at radius 1 is 1.10 bits per heavy atom. The van der Waals surface area contributed by atoms with Crippen LogP contribution < -0.4 is 20.1 Å². The minimum atomic E-state index is -4.62. The predicted octanol–water partition coefficient (Wildman–Crippen LogP) is 6.10. The van der Waals surface area contributed by atoms with Gasteiger partial charge in [0.25, 0.3) is 0 Å². The Morgan fingerprint density at radius 3 is 2.55 bits per heavy atom. The van der Waals surface area contributed by atoms with E-state index in [0.717, 1.165) is 17.8 Å². The summed E-state index contributed by atoms with van der Waals surface area (Å²) >= 11 is 7.02. The summed E-state index contributed by atoms with van der Waals surface area (Å²) in [6.45, 7) is 0. The molecule has 4 rings (SSSR count). The molecule has 0 radical (unpaired) electrons. The molecule has 0 atom stereocenters. The lowest BCUT2D eigenvalue weighted by Gasteiger charge is -2.17. The van der Waals surface area contributed by atoms with Crippen LogP contribution in [0.1, 0.15) is 5.56 Å². The van der Waals surface area contributed by atoms with E-state index in [9.17, 15) is 18.0 Å². The number of benzene rings is 2.